The number of pyridine rings is 1. The molecule has 0 aliphatic heterocycles. The molecule has 0 saturated carbocycles. The topological polar surface area (TPSA) is 66.3 Å². The summed E-state index contributed by atoms with van der Waals surface area (Å²) in [5.41, 5.74) is 2.87. The van der Waals surface area contributed by atoms with E-state index in [0.717, 1.165) is 22.5 Å². The van der Waals surface area contributed by atoms with Crippen molar-refractivity contribution in [2.75, 3.05) is 19.0 Å². The first-order chi connectivity index (χ1) is 15.8. The van der Waals surface area contributed by atoms with Crippen molar-refractivity contribution < 1.29 is 18.7 Å². The van der Waals surface area contributed by atoms with Crippen LogP contribution in [-0.4, -0.2) is 35.1 Å². The summed E-state index contributed by atoms with van der Waals surface area (Å²) in [6.45, 7) is 0. The Balaban J connectivity index is 1.88. The third kappa shape index (κ3) is 5.06. The van der Waals surface area contributed by atoms with Crippen LogP contribution in [0.15, 0.2) is 66.9 Å². The average Bonchev–Trinajstić information content (AvgIpc) is 3.19. The molecule has 8 heteroatoms. The van der Waals surface area contributed by atoms with Crippen LogP contribution in [-0.2, 0) is 11.2 Å². The molecule has 2 aromatic carbocycles. The number of anilines is 1. The lowest BCUT2D eigenvalue weighted by atomic mass is 9.92. The number of hydrogen-bond donors (Lipinski definition) is 1. The summed E-state index contributed by atoms with van der Waals surface area (Å²) in [5.74, 6) is -1.38. The molecule has 1 N–H and O–H groups in total. The smallest absolute Gasteiger partial charge is 0.308 e. The fourth-order valence-corrected chi connectivity index (χ4v) is 4.81. The number of carboxylic acid groups (broad SMARTS) is 1. The SMILES string of the molecule is CN(C)c1cc(-c2nc(C(c3ccc(F)cc3)c3ccc(F)cc3)sc2CC(=O)O)ccn1. The molecular formula is C25H21F2N3O2S. The van der Waals surface area contributed by atoms with E-state index in [0.29, 0.717) is 15.6 Å². The van der Waals surface area contributed by atoms with Gasteiger partial charge in [0, 0.05) is 30.7 Å². The van der Waals surface area contributed by atoms with E-state index in [4.69, 9.17) is 4.98 Å². The number of hydrogen-bond acceptors (Lipinski definition) is 5. The predicted octanol–water partition coefficient (Wildman–Crippen LogP) is 5.36. The van der Waals surface area contributed by atoms with E-state index in [1.807, 2.05) is 25.1 Å². The number of thiazole rings is 1. The van der Waals surface area contributed by atoms with Gasteiger partial charge in [-0.15, -0.1) is 11.3 Å². The molecule has 0 amide bonds. The summed E-state index contributed by atoms with van der Waals surface area (Å²) in [5, 5.41) is 10.1. The number of aliphatic carboxylic acids is 1. The highest BCUT2D eigenvalue weighted by atomic mass is 32.1. The first-order valence-electron chi connectivity index (χ1n) is 10.2. The maximum absolute atomic E-state index is 13.6. The molecule has 2 aromatic heterocycles. The zero-order chi connectivity index (χ0) is 23.5. The molecule has 33 heavy (non-hydrogen) atoms. The Morgan fingerprint density at radius 3 is 2.09 bits per heavy atom. The minimum Gasteiger partial charge on any atom is -0.481 e. The van der Waals surface area contributed by atoms with Gasteiger partial charge in [0.05, 0.1) is 18.0 Å². The van der Waals surface area contributed by atoms with Gasteiger partial charge in [-0.05, 0) is 47.5 Å². The largest absolute Gasteiger partial charge is 0.481 e. The Hall–Kier alpha value is -3.65. The van der Waals surface area contributed by atoms with Crippen LogP contribution < -0.4 is 4.90 Å². The Morgan fingerprint density at radius 2 is 1.58 bits per heavy atom. The predicted molar refractivity (Wildman–Crippen MR) is 125 cm³/mol. The molecule has 5 nitrogen and oxygen atoms in total. The summed E-state index contributed by atoms with van der Waals surface area (Å²) in [7, 11) is 3.74. The van der Waals surface area contributed by atoms with Crippen LogP contribution in [0.25, 0.3) is 11.3 Å². The molecule has 2 heterocycles. The average molecular weight is 466 g/mol. The molecule has 0 aliphatic rings. The summed E-state index contributed by atoms with van der Waals surface area (Å²) in [6.07, 6.45) is 1.47. The molecule has 0 fully saturated rings. The highest BCUT2D eigenvalue weighted by molar-refractivity contribution is 7.12. The van der Waals surface area contributed by atoms with Crippen molar-refractivity contribution >= 4 is 23.1 Å². The number of aromatic nitrogens is 2. The van der Waals surface area contributed by atoms with Crippen molar-refractivity contribution in [1.82, 2.24) is 9.97 Å². The van der Waals surface area contributed by atoms with Crippen LogP contribution in [0.5, 0.6) is 0 Å². The van der Waals surface area contributed by atoms with Crippen molar-refractivity contribution in [1.29, 1.82) is 0 Å². The van der Waals surface area contributed by atoms with E-state index in [1.54, 1.807) is 36.5 Å². The van der Waals surface area contributed by atoms with E-state index < -0.39 is 11.9 Å². The van der Waals surface area contributed by atoms with Gasteiger partial charge in [-0.2, -0.15) is 0 Å². The van der Waals surface area contributed by atoms with E-state index in [-0.39, 0.29) is 18.1 Å². The van der Waals surface area contributed by atoms with Crippen molar-refractivity contribution in [2.24, 2.45) is 0 Å². The molecule has 0 saturated heterocycles. The van der Waals surface area contributed by atoms with E-state index in [2.05, 4.69) is 4.98 Å². The number of carbonyl (C=O) groups is 1. The second kappa shape index (κ2) is 9.46. The number of halogens is 2. The Bertz CT molecular complexity index is 1230. The molecule has 0 atom stereocenters. The van der Waals surface area contributed by atoms with Crippen LogP contribution in [0.3, 0.4) is 0 Å². The molecule has 4 aromatic rings. The van der Waals surface area contributed by atoms with Gasteiger partial charge in [0.2, 0.25) is 0 Å². The normalized spacial score (nSPS) is 11.1. The molecule has 168 valence electrons. The van der Waals surface area contributed by atoms with Crippen LogP contribution in [0, 0.1) is 11.6 Å². The quantitative estimate of drug-likeness (QED) is 0.398. The Kier molecular flexibility index (Phi) is 6.46. The molecule has 0 radical (unpaired) electrons. The number of nitrogens with zero attached hydrogens (tertiary/aromatic N) is 3. The minimum absolute atomic E-state index is 0.188. The van der Waals surface area contributed by atoms with Gasteiger partial charge in [0.25, 0.3) is 0 Å². The van der Waals surface area contributed by atoms with E-state index >= 15 is 0 Å². The fraction of sp³-hybridized carbons (Fsp3) is 0.160. The highest BCUT2D eigenvalue weighted by Crippen LogP contribution is 2.39. The minimum atomic E-state index is -0.964. The molecule has 0 aliphatic carbocycles. The van der Waals surface area contributed by atoms with Crippen LogP contribution in [0.2, 0.25) is 0 Å². The van der Waals surface area contributed by atoms with Crippen molar-refractivity contribution in [3.8, 4) is 11.3 Å². The van der Waals surface area contributed by atoms with E-state index in [9.17, 15) is 18.7 Å². The van der Waals surface area contributed by atoms with Crippen molar-refractivity contribution in [2.45, 2.75) is 12.3 Å². The van der Waals surface area contributed by atoms with Gasteiger partial charge in [-0.1, -0.05) is 24.3 Å². The Morgan fingerprint density at radius 1 is 1.00 bits per heavy atom. The monoisotopic (exact) mass is 465 g/mol. The van der Waals surface area contributed by atoms with Gasteiger partial charge in [0.1, 0.15) is 22.5 Å². The van der Waals surface area contributed by atoms with E-state index in [1.165, 1.54) is 35.6 Å². The third-order valence-electron chi connectivity index (χ3n) is 5.16. The highest BCUT2D eigenvalue weighted by Gasteiger charge is 2.25. The molecule has 4 rings (SSSR count). The summed E-state index contributed by atoms with van der Waals surface area (Å²) >= 11 is 1.29. The second-order valence-electron chi connectivity index (χ2n) is 7.73. The van der Waals surface area contributed by atoms with Gasteiger partial charge in [0.15, 0.2) is 0 Å². The van der Waals surface area contributed by atoms with Gasteiger partial charge in [-0.3, -0.25) is 4.79 Å². The molecular weight excluding hydrogens is 444 g/mol. The van der Waals surface area contributed by atoms with Crippen LogP contribution >= 0.6 is 11.3 Å². The number of carboxylic acids is 1. The summed E-state index contributed by atoms with van der Waals surface area (Å²) in [4.78, 5) is 23.2. The lowest BCUT2D eigenvalue weighted by Crippen LogP contribution is -2.10. The standard InChI is InChI=1S/C25H21F2N3O2S/c1-30(2)21-13-17(11-12-28-21)24-20(14-22(31)32)33-25(29-24)23(15-3-7-18(26)8-4-15)16-5-9-19(27)10-6-16/h3-13,23H,14H2,1-2H3,(H,31,32). The summed E-state index contributed by atoms with van der Waals surface area (Å²) in [6, 6.07) is 15.8. The molecule has 0 unspecified atom stereocenters. The van der Waals surface area contributed by atoms with Gasteiger partial charge < -0.3 is 10.0 Å². The Labute approximate surface area is 194 Å². The maximum Gasteiger partial charge on any atom is 0.308 e. The maximum atomic E-state index is 13.6. The lowest BCUT2D eigenvalue weighted by molar-refractivity contribution is -0.136. The van der Waals surface area contributed by atoms with Gasteiger partial charge >= 0.3 is 5.97 Å². The van der Waals surface area contributed by atoms with Crippen LogP contribution in [0.1, 0.15) is 26.9 Å². The van der Waals surface area contributed by atoms with Crippen molar-refractivity contribution in [3.63, 3.8) is 0 Å². The van der Waals surface area contributed by atoms with Crippen molar-refractivity contribution in [3.05, 3.63) is 99.5 Å². The lowest BCUT2D eigenvalue weighted by Gasteiger charge is -2.16. The molecule has 0 spiro atoms. The van der Waals surface area contributed by atoms with Gasteiger partial charge in [-0.25, -0.2) is 18.7 Å². The fourth-order valence-electron chi connectivity index (χ4n) is 3.57. The zero-order valence-corrected chi connectivity index (χ0v) is 18.8. The number of rotatable bonds is 7. The summed E-state index contributed by atoms with van der Waals surface area (Å²) < 4.78 is 27.2. The van der Waals surface area contributed by atoms with Crippen LogP contribution in [0.4, 0.5) is 14.6 Å². The zero-order valence-electron chi connectivity index (χ0n) is 18.0. The second-order valence-corrected chi connectivity index (χ2v) is 8.84. The molecule has 0 bridgehead atoms. The first kappa shape index (κ1) is 22.5. The number of benzene rings is 2. The first-order valence-corrected chi connectivity index (χ1v) is 11.0. The third-order valence-corrected chi connectivity index (χ3v) is 6.28.